The van der Waals surface area contributed by atoms with Crippen LogP contribution in [0.2, 0.25) is 0 Å². The molecule has 0 aromatic carbocycles. The normalized spacial score (nSPS) is 10.8. The van der Waals surface area contributed by atoms with E-state index >= 15 is 0 Å². The molecule has 0 aromatic rings. The molecule has 0 heterocycles. The van der Waals surface area contributed by atoms with Gasteiger partial charge in [-0.15, -0.1) is 0 Å². The summed E-state index contributed by atoms with van der Waals surface area (Å²) in [6, 6.07) is 0. The molecule has 0 saturated carbocycles. The number of unbranched alkanes of at least 4 members (excludes halogenated alkanes) is 11. The van der Waals surface area contributed by atoms with Gasteiger partial charge in [-0.25, -0.2) is 0 Å². The summed E-state index contributed by atoms with van der Waals surface area (Å²) < 4.78 is 1.12. The monoisotopic (exact) mass is 353 g/mol. The second-order valence-electron chi connectivity index (χ2n) is 6.90. The molecule has 126 valence electrons. The molecule has 0 atom stereocenters. The molecular weight excluding hydrogens is 314 g/mol. The van der Waals surface area contributed by atoms with Crippen molar-refractivity contribution >= 4 is 0 Å². The maximum Gasteiger partial charge on any atom is 0.0780 e. The van der Waals surface area contributed by atoms with Crippen LogP contribution < -0.4 is 17.0 Å². The molecule has 20 heavy (non-hydrogen) atoms. The van der Waals surface area contributed by atoms with Crippen molar-refractivity contribution in [2.24, 2.45) is 0 Å². The molecule has 2 nitrogen and oxygen atoms in total. The topological polar surface area (TPSA) is 31.5 Å². The van der Waals surface area contributed by atoms with Crippen molar-refractivity contribution in [2.75, 3.05) is 27.7 Å². The Hall–Kier alpha value is 0.400. The van der Waals surface area contributed by atoms with Gasteiger partial charge in [-0.2, -0.15) is 0 Å². The Balaban J connectivity index is -0.00000144. The van der Waals surface area contributed by atoms with Gasteiger partial charge in [0.2, 0.25) is 0 Å². The van der Waals surface area contributed by atoms with Crippen LogP contribution in [0.25, 0.3) is 0 Å². The Morgan fingerprint density at radius 2 is 0.850 bits per heavy atom. The molecule has 0 fully saturated rings. The van der Waals surface area contributed by atoms with Crippen LogP contribution in [0.15, 0.2) is 0 Å². The third kappa shape index (κ3) is 23.5. The van der Waals surface area contributed by atoms with Gasteiger partial charge in [0, 0.05) is 0 Å². The second-order valence-corrected chi connectivity index (χ2v) is 6.90. The van der Waals surface area contributed by atoms with E-state index < -0.39 is 0 Å². The van der Waals surface area contributed by atoms with E-state index in [1.54, 1.807) is 0 Å². The van der Waals surface area contributed by atoms with Gasteiger partial charge in [-0.05, 0) is 12.8 Å². The van der Waals surface area contributed by atoms with Gasteiger partial charge in [0.15, 0.2) is 0 Å². The molecule has 3 heteroatoms. The fraction of sp³-hybridized carbons (Fsp3) is 1.00. The molecule has 0 aliphatic rings. The first-order valence-corrected chi connectivity index (χ1v) is 8.36. The summed E-state index contributed by atoms with van der Waals surface area (Å²) in [5, 5.41) is 0. The molecule has 0 spiro atoms. The fourth-order valence-corrected chi connectivity index (χ4v) is 2.43. The lowest BCUT2D eigenvalue weighted by Gasteiger charge is -2.23. The molecular formula is C17H40BrNO. The second kappa shape index (κ2) is 17.5. The number of nitrogens with zero attached hydrogens (tertiary/aromatic N) is 1. The zero-order valence-corrected chi connectivity index (χ0v) is 16.1. The lowest BCUT2D eigenvalue weighted by atomic mass is 10.1. The third-order valence-electron chi connectivity index (χ3n) is 3.68. The van der Waals surface area contributed by atoms with Gasteiger partial charge in [0.25, 0.3) is 0 Å². The van der Waals surface area contributed by atoms with E-state index in [-0.39, 0.29) is 22.5 Å². The highest BCUT2D eigenvalue weighted by molar-refractivity contribution is 4.48. The lowest BCUT2D eigenvalue weighted by molar-refractivity contribution is -0.870. The maximum atomic E-state index is 2.29. The highest BCUT2D eigenvalue weighted by atomic mass is 79.9. The van der Waals surface area contributed by atoms with Gasteiger partial charge in [-0.3, -0.25) is 0 Å². The average Bonchev–Trinajstić information content (AvgIpc) is 2.29. The average molecular weight is 354 g/mol. The van der Waals surface area contributed by atoms with Crippen molar-refractivity contribution in [1.29, 1.82) is 0 Å². The van der Waals surface area contributed by atoms with Crippen LogP contribution in [0.4, 0.5) is 0 Å². The molecule has 0 unspecified atom stereocenters. The minimum Gasteiger partial charge on any atom is -1.00 e. The molecule has 0 aromatic heterocycles. The SMILES string of the molecule is CCCCCCCCCCCCCC[N+](C)(C)C.O.[Br-]. The maximum absolute atomic E-state index is 2.29. The fourth-order valence-electron chi connectivity index (χ4n) is 2.43. The Labute approximate surface area is 139 Å². The van der Waals surface area contributed by atoms with Crippen molar-refractivity contribution in [2.45, 2.75) is 84.0 Å². The highest BCUT2D eigenvalue weighted by Gasteiger charge is 2.04. The van der Waals surface area contributed by atoms with Gasteiger partial charge in [0.05, 0.1) is 27.7 Å². The summed E-state index contributed by atoms with van der Waals surface area (Å²) in [6.45, 7) is 3.62. The van der Waals surface area contributed by atoms with Gasteiger partial charge in [-0.1, -0.05) is 71.1 Å². The van der Waals surface area contributed by atoms with Crippen LogP contribution >= 0.6 is 0 Å². The Morgan fingerprint density at radius 3 is 1.15 bits per heavy atom. The molecule has 0 aliphatic carbocycles. The van der Waals surface area contributed by atoms with Crippen LogP contribution in [-0.2, 0) is 0 Å². The van der Waals surface area contributed by atoms with E-state index in [2.05, 4.69) is 28.1 Å². The predicted octanol–water partition coefficient (Wildman–Crippen LogP) is 1.57. The molecule has 0 saturated heterocycles. The molecule has 0 bridgehead atoms. The summed E-state index contributed by atoms with van der Waals surface area (Å²) in [7, 11) is 6.87. The number of halogens is 1. The van der Waals surface area contributed by atoms with Crippen LogP contribution in [0, 0.1) is 0 Å². The number of hydrogen-bond donors (Lipinski definition) is 0. The van der Waals surface area contributed by atoms with Crippen molar-refractivity contribution in [1.82, 2.24) is 0 Å². The Kier molecular flexibility index (Phi) is 22.1. The van der Waals surface area contributed by atoms with Crippen molar-refractivity contribution in [3.05, 3.63) is 0 Å². The van der Waals surface area contributed by atoms with E-state index in [0.29, 0.717) is 0 Å². The van der Waals surface area contributed by atoms with Crippen molar-refractivity contribution in [3.8, 4) is 0 Å². The summed E-state index contributed by atoms with van der Waals surface area (Å²) in [5.74, 6) is 0. The predicted molar refractivity (Wildman–Crippen MR) is 87.6 cm³/mol. The van der Waals surface area contributed by atoms with E-state index in [1.807, 2.05) is 0 Å². The van der Waals surface area contributed by atoms with Crippen LogP contribution in [-0.4, -0.2) is 37.6 Å². The van der Waals surface area contributed by atoms with Gasteiger partial charge in [0.1, 0.15) is 0 Å². The largest absolute Gasteiger partial charge is 1.00 e. The number of hydrogen-bond acceptors (Lipinski definition) is 0. The molecule has 0 rings (SSSR count). The molecule has 2 N–H and O–H groups in total. The minimum atomic E-state index is 0. The van der Waals surface area contributed by atoms with Crippen LogP contribution in [0.3, 0.4) is 0 Å². The van der Waals surface area contributed by atoms with E-state index in [1.165, 1.54) is 83.6 Å². The standard InChI is InChI=1S/C17H38N.BrH.H2O/c1-5-6-7-8-9-10-11-12-13-14-15-16-17-18(2,3)4;;/h5-17H2,1-4H3;1H;1H2/q+1;;/p-1. The summed E-state index contributed by atoms with van der Waals surface area (Å²) in [4.78, 5) is 0. The van der Waals surface area contributed by atoms with E-state index in [9.17, 15) is 0 Å². The summed E-state index contributed by atoms with van der Waals surface area (Å²) in [5.41, 5.74) is 0. The summed E-state index contributed by atoms with van der Waals surface area (Å²) >= 11 is 0. The smallest absolute Gasteiger partial charge is 0.0780 e. The van der Waals surface area contributed by atoms with Crippen molar-refractivity contribution < 1.29 is 26.9 Å². The quantitative estimate of drug-likeness (QED) is 0.355. The number of quaternary nitrogens is 1. The first kappa shape index (κ1) is 25.4. The van der Waals surface area contributed by atoms with Crippen LogP contribution in [0.1, 0.15) is 84.0 Å². The first-order chi connectivity index (χ1) is 8.56. The lowest BCUT2D eigenvalue weighted by Crippen LogP contribution is -3.00. The van der Waals surface area contributed by atoms with E-state index in [4.69, 9.17) is 0 Å². The van der Waals surface area contributed by atoms with E-state index in [0.717, 1.165) is 4.48 Å². The molecule has 0 radical (unpaired) electrons. The van der Waals surface area contributed by atoms with Gasteiger partial charge >= 0.3 is 0 Å². The highest BCUT2D eigenvalue weighted by Crippen LogP contribution is 2.12. The van der Waals surface area contributed by atoms with Crippen LogP contribution in [0.5, 0.6) is 0 Å². The summed E-state index contributed by atoms with van der Waals surface area (Å²) in [6.07, 6.45) is 17.4. The zero-order valence-electron chi connectivity index (χ0n) is 14.5. The van der Waals surface area contributed by atoms with Gasteiger partial charge < -0.3 is 26.9 Å². The zero-order chi connectivity index (χ0) is 13.7. The molecule has 0 aliphatic heterocycles. The first-order valence-electron chi connectivity index (χ1n) is 8.36. The Bertz CT molecular complexity index is 169. The molecule has 0 amide bonds. The van der Waals surface area contributed by atoms with Crippen molar-refractivity contribution in [3.63, 3.8) is 0 Å². The Morgan fingerprint density at radius 1 is 0.550 bits per heavy atom. The number of rotatable bonds is 13. The minimum absolute atomic E-state index is 0. The third-order valence-corrected chi connectivity index (χ3v) is 3.68.